The van der Waals surface area contributed by atoms with E-state index in [-0.39, 0.29) is 24.4 Å². The van der Waals surface area contributed by atoms with E-state index in [2.05, 4.69) is 5.32 Å². The Kier molecular flexibility index (Phi) is 4.58. The van der Waals surface area contributed by atoms with E-state index in [1.54, 1.807) is 24.3 Å². The summed E-state index contributed by atoms with van der Waals surface area (Å²) in [5.74, 6) is 0.589. The van der Waals surface area contributed by atoms with Gasteiger partial charge in [-0.05, 0) is 41.3 Å². The Hall–Kier alpha value is -2.86. The monoisotopic (exact) mass is 369 g/mol. The van der Waals surface area contributed by atoms with Crippen molar-refractivity contribution in [1.29, 1.82) is 0 Å². The van der Waals surface area contributed by atoms with Crippen LogP contribution in [-0.2, 0) is 4.79 Å². The molecule has 1 aromatic heterocycles. The SMILES string of the molecule is O=C(N[C@@H](c1ccc(F)cc1)c1cccs1)[C@H]1COc2ccccc2O1. The Bertz CT molecular complexity index is 896. The molecule has 0 saturated heterocycles. The van der Waals surface area contributed by atoms with Crippen LogP contribution in [0.3, 0.4) is 0 Å². The minimum absolute atomic E-state index is 0.142. The second-order valence-corrected chi connectivity index (χ2v) is 6.85. The van der Waals surface area contributed by atoms with Crippen LogP contribution in [0.15, 0.2) is 66.0 Å². The topological polar surface area (TPSA) is 47.6 Å². The smallest absolute Gasteiger partial charge is 0.265 e. The Morgan fingerprint density at radius 3 is 2.58 bits per heavy atom. The Balaban J connectivity index is 1.54. The van der Waals surface area contributed by atoms with Crippen LogP contribution in [-0.4, -0.2) is 18.6 Å². The summed E-state index contributed by atoms with van der Waals surface area (Å²) in [6, 6.07) is 16.9. The highest BCUT2D eigenvalue weighted by atomic mass is 32.1. The average molecular weight is 369 g/mol. The fraction of sp³-hybridized carbons (Fsp3) is 0.150. The van der Waals surface area contributed by atoms with Crippen molar-refractivity contribution in [3.05, 3.63) is 82.3 Å². The van der Waals surface area contributed by atoms with Gasteiger partial charge in [0, 0.05) is 4.88 Å². The average Bonchev–Trinajstić information content (AvgIpc) is 3.21. The molecule has 2 aromatic carbocycles. The number of carbonyl (C=O) groups is 1. The van der Waals surface area contributed by atoms with Crippen LogP contribution in [0.5, 0.6) is 11.5 Å². The standard InChI is InChI=1S/C20H16FNO3S/c21-14-9-7-13(8-10-14)19(18-6-3-11-26-18)22-20(23)17-12-24-15-4-1-2-5-16(15)25-17/h1-11,17,19H,12H2,(H,22,23)/t17-,19+/m1/s1. The van der Waals surface area contributed by atoms with Crippen molar-refractivity contribution in [2.75, 3.05) is 6.61 Å². The van der Waals surface area contributed by atoms with Crippen LogP contribution in [0.1, 0.15) is 16.5 Å². The summed E-state index contributed by atoms with van der Waals surface area (Å²) in [6.45, 7) is 0.142. The molecule has 1 amide bonds. The number of hydrogen-bond acceptors (Lipinski definition) is 4. The molecule has 3 aromatic rings. The maximum Gasteiger partial charge on any atom is 0.265 e. The summed E-state index contributed by atoms with van der Waals surface area (Å²) in [7, 11) is 0. The van der Waals surface area contributed by atoms with Crippen molar-refractivity contribution >= 4 is 17.2 Å². The number of fused-ring (bicyclic) bond motifs is 1. The zero-order chi connectivity index (χ0) is 17.9. The van der Waals surface area contributed by atoms with Gasteiger partial charge in [-0.3, -0.25) is 4.79 Å². The van der Waals surface area contributed by atoms with Gasteiger partial charge >= 0.3 is 0 Å². The molecule has 0 bridgehead atoms. The molecule has 0 spiro atoms. The second kappa shape index (κ2) is 7.17. The molecule has 1 N–H and O–H groups in total. The highest BCUT2D eigenvalue weighted by Gasteiger charge is 2.29. The molecule has 0 unspecified atom stereocenters. The summed E-state index contributed by atoms with van der Waals surface area (Å²) in [6.07, 6.45) is -0.743. The molecule has 132 valence electrons. The predicted molar refractivity (Wildman–Crippen MR) is 97.1 cm³/mol. The van der Waals surface area contributed by atoms with Crippen LogP contribution in [0.4, 0.5) is 4.39 Å². The summed E-state index contributed by atoms with van der Waals surface area (Å²) in [5, 5.41) is 4.94. The van der Waals surface area contributed by atoms with Crippen molar-refractivity contribution in [2.24, 2.45) is 0 Å². The number of amides is 1. The maximum atomic E-state index is 13.3. The van der Waals surface area contributed by atoms with Crippen LogP contribution in [0.25, 0.3) is 0 Å². The summed E-state index contributed by atoms with van der Waals surface area (Å²) < 4.78 is 24.7. The Morgan fingerprint density at radius 1 is 1.08 bits per heavy atom. The third-order valence-electron chi connectivity index (χ3n) is 4.12. The van der Waals surface area contributed by atoms with Gasteiger partial charge < -0.3 is 14.8 Å². The summed E-state index contributed by atoms with van der Waals surface area (Å²) in [5.41, 5.74) is 0.805. The van der Waals surface area contributed by atoms with Gasteiger partial charge in [-0.25, -0.2) is 4.39 Å². The molecular formula is C20H16FNO3S. The number of hydrogen-bond donors (Lipinski definition) is 1. The van der Waals surface area contributed by atoms with E-state index in [4.69, 9.17) is 9.47 Å². The highest BCUT2D eigenvalue weighted by molar-refractivity contribution is 7.10. The first kappa shape index (κ1) is 16.6. The molecule has 0 fully saturated rings. The molecule has 1 aliphatic heterocycles. The Labute approximate surface area is 154 Å². The lowest BCUT2D eigenvalue weighted by atomic mass is 10.0. The molecule has 0 radical (unpaired) electrons. The summed E-state index contributed by atoms with van der Waals surface area (Å²) in [4.78, 5) is 13.7. The quantitative estimate of drug-likeness (QED) is 0.758. The van der Waals surface area contributed by atoms with Crippen molar-refractivity contribution < 1.29 is 18.7 Å². The summed E-state index contributed by atoms with van der Waals surface area (Å²) >= 11 is 1.53. The van der Waals surface area contributed by atoms with Gasteiger partial charge in [0.15, 0.2) is 11.5 Å². The lowest BCUT2D eigenvalue weighted by Crippen LogP contribution is -2.45. The molecular weight excluding hydrogens is 353 g/mol. The van der Waals surface area contributed by atoms with E-state index in [0.29, 0.717) is 11.5 Å². The zero-order valence-corrected chi connectivity index (χ0v) is 14.5. The third kappa shape index (κ3) is 3.41. The lowest BCUT2D eigenvalue weighted by molar-refractivity contribution is -0.130. The number of ether oxygens (including phenoxy) is 2. The first-order valence-corrected chi connectivity index (χ1v) is 9.06. The van der Waals surface area contributed by atoms with Crippen molar-refractivity contribution in [3.8, 4) is 11.5 Å². The van der Waals surface area contributed by atoms with E-state index in [9.17, 15) is 9.18 Å². The molecule has 0 aliphatic carbocycles. The number of halogens is 1. The van der Waals surface area contributed by atoms with E-state index in [1.165, 1.54) is 23.5 Å². The Morgan fingerprint density at radius 2 is 1.85 bits per heavy atom. The fourth-order valence-electron chi connectivity index (χ4n) is 2.81. The number of benzene rings is 2. The van der Waals surface area contributed by atoms with Crippen LogP contribution in [0.2, 0.25) is 0 Å². The van der Waals surface area contributed by atoms with E-state index in [0.717, 1.165) is 10.4 Å². The van der Waals surface area contributed by atoms with Gasteiger partial charge in [0.1, 0.15) is 12.4 Å². The molecule has 2 heterocycles. The van der Waals surface area contributed by atoms with Crippen LogP contribution < -0.4 is 14.8 Å². The molecule has 26 heavy (non-hydrogen) atoms. The predicted octanol–water partition coefficient (Wildman–Crippen LogP) is 3.93. The van der Waals surface area contributed by atoms with Crippen LogP contribution >= 0.6 is 11.3 Å². The van der Waals surface area contributed by atoms with Gasteiger partial charge in [0.2, 0.25) is 6.10 Å². The first-order chi connectivity index (χ1) is 12.7. The highest BCUT2D eigenvalue weighted by Crippen LogP contribution is 2.32. The molecule has 6 heteroatoms. The number of thiophene rings is 1. The molecule has 4 nitrogen and oxygen atoms in total. The van der Waals surface area contributed by atoms with Crippen molar-refractivity contribution in [3.63, 3.8) is 0 Å². The minimum atomic E-state index is -0.743. The van der Waals surface area contributed by atoms with E-state index in [1.807, 2.05) is 29.6 Å². The molecule has 2 atom stereocenters. The van der Waals surface area contributed by atoms with Gasteiger partial charge in [0.05, 0.1) is 6.04 Å². The normalized spacial score (nSPS) is 16.7. The number of carbonyl (C=O) groups excluding carboxylic acids is 1. The molecule has 0 saturated carbocycles. The van der Waals surface area contributed by atoms with Crippen LogP contribution in [0, 0.1) is 5.82 Å². The molecule has 1 aliphatic rings. The maximum absolute atomic E-state index is 13.3. The second-order valence-electron chi connectivity index (χ2n) is 5.87. The third-order valence-corrected chi connectivity index (χ3v) is 5.06. The van der Waals surface area contributed by atoms with Gasteiger partial charge in [0.25, 0.3) is 5.91 Å². The van der Waals surface area contributed by atoms with E-state index < -0.39 is 6.10 Å². The molecule has 4 rings (SSSR count). The number of para-hydroxylation sites is 2. The van der Waals surface area contributed by atoms with E-state index >= 15 is 0 Å². The van der Waals surface area contributed by atoms with Gasteiger partial charge in [-0.1, -0.05) is 30.3 Å². The minimum Gasteiger partial charge on any atom is -0.485 e. The van der Waals surface area contributed by atoms with Gasteiger partial charge in [-0.15, -0.1) is 11.3 Å². The first-order valence-electron chi connectivity index (χ1n) is 8.18. The van der Waals surface area contributed by atoms with Crippen molar-refractivity contribution in [2.45, 2.75) is 12.1 Å². The fourth-order valence-corrected chi connectivity index (χ4v) is 3.62. The largest absolute Gasteiger partial charge is 0.485 e. The number of nitrogens with one attached hydrogen (secondary N) is 1. The van der Waals surface area contributed by atoms with Crippen molar-refractivity contribution in [1.82, 2.24) is 5.32 Å². The lowest BCUT2D eigenvalue weighted by Gasteiger charge is -2.27. The van der Waals surface area contributed by atoms with Gasteiger partial charge in [-0.2, -0.15) is 0 Å². The number of rotatable bonds is 4. The zero-order valence-electron chi connectivity index (χ0n) is 13.7.